The number of ether oxygens (including phenoxy) is 1. The summed E-state index contributed by atoms with van der Waals surface area (Å²) in [6.07, 6.45) is 4.68. The van der Waals surface area contributed by atoms with E-state index in [1.54, 1.807) is 50.0 Å². The normalized spacial score (nSPS) is 11.6. The predicted octanol–water partition coefficient (Wildman–Crippen LogP) is 3.30. The molecule has 0 bridgehead atoms. The van der Waals surface area contributed by atoms with Crippen molar-refractivity contribution in [1.29, 1.82) is 0 Å². The maximum absolute atomic E-state index is 13.2. The molecule has 1 atom stereocenters. The van der Waals surface area contributed by atoms with Gasteiger partial charge in [-0.1, -0.05) is 12.1 Å². The molecule has 0 unspecified atom stereocenters. The molecular formula is C21H23FN6O2. The third-order valence-corrected chi connectivity index (χ3v) is 4.23. The molecule has 1 aromatic carbocycles. The lowest BCUT2D eigenvalue weighted by Gasteiger charge is -2.17. The van der Waals surface area contributed by atoms with Crippen molar-refractivity contribution in [3.8, 4) is 0 Å². The van der Waals surface area contributed by atoms with Crippen molar-refractivity contribution in [2.45, 2.75) is 13.0 Å². The van der Waals surface area contributed by atoms with Crippen molar-refractivity contribution < 1.29 is 13.9 Å². The lowest BCUT2D eigenvalue weighted by atomic mass is 10.1. The lowest BCUT2D eigenvalue weighted by molar-refractivity contribution is 0.0937. The number of aromatic nitrogens is 3. The third kappa shape index (κ3) is 5.95. The van der Waals surface area contributed by atoms with Crippen LogP contribution in [0, 0.1) is 5.82 Å². The SMILES string of the molecule is COCCNC(=O)c1cc(Nc2cnccn2)nc(N[C@@H](C)c2ccc(F)cc2)c1. The van der Waals surface area contributed by atoms with E-state index >= 15 is 0 Å². The maximum Gasteiger partial charge on any atom is 0.251 e. The van der Waals surface area contributed by atoms with E-state index in [0.717, 1.165) is 5.56 Å². The van der Waals surface area contributed by atoms with Crippen molar-refractivity contribution in [3.05, 3.63) is 71.9 Å². The second-order valence-corrected chi connectivity index (χ2v) is 6.51. The van der Waals surface area contributed by atoms with E-state index < -0.39 is 0 Å². The molecule has 0 radical (unpaired) electrons. The number of hydrogen-bond acceptors (Lipinski definition) is 7. The Balaban J connectivity index is 1.84. The van der Waals surface area contributed by atoms with Gasteiger partial charge in [0.1, 0.15) is 23.3 Å². The first-order chi connectivity index (χ1) is 14.5. The molecular weight excluding hydrogens is 387 g/mol. The number of carbonyl (C=O) groups is 1. The molecule has 0 aliphatic carbocycles. The number of anilines is 3. The number of pyridine rings is 1. The van der Waals surface area contributed by atoms with Crippen LogP contribution in [0.25, 0.3) is 0 Å². The van der Waals surface area contributed by atoms with E-state index in [0.29, 0.717) is 36.2 Å². The topological polar surface area (TPSA) is 101 Å². The zero-order valence-electron chi connectivity index (χ0n) is 16.7. The van der Waals surface area contributed by atoms with Crippen LogP contribution in [0.1, 0.15) is 28.9 Å². The van der Waals surface area contributed by atoms with E-state index in [-0.39, 0.29) is 17.8 Å². The Bertz CT molecular complexity index is 969. The molecule has 0 fully saturated rings. The number of rotatable bonds is 9. The fourth-order valence-electron chi connectivity index (χ4n) is 2.72. The summed E-state index contributed by atoms with van der Waals surface area (Å²) in [5.41, 5.74) is 1.30. The fraction of sp³-hybridized carbons (Fsp3) is 0.238. The van der Waals surface area contributed by atoms with Gasteiger partial charge >= 0.3 is 0 Å². The van der Waals surface area contributed by atoms with Gasteiger partial charge in [0.2, 0.25) is 0 Å². The van der Waals surface area contributed by atoms with Gasteiger partial charge in [0.25, 0.3) is 5.91 Å². The van der Waals surface area contributed by atoms with Gasteiger partial charge in [-0.2, -0.15) is 0 Å². The average Bonchev–Trinajstić information content (AvgIpc) is 2.75. The lowest BCUT2D eigenvalue weighted by Crippen LogP contribution is -2.27. The summed E-state index contributed by atoms with van der Waals surface area (Å²) in [5, 5.41) is 9.09. The average molecular weight is 410 g/mol. The van der Waals surface area contributed by atoms with Crippen LogP contribution < -0.4 is 16.0 Å². The molecule has 3 N–H and O–H groups in total. The summed E-state index contributed by atoms with van der Waals surface area (Å²) in [6.45, 7) is 2.73. The maximum atomic E-state index is 13.2. The quantitative estimate of drug-likeness (QED) is 0.465. The Hall–Kier alpha value is -3.59. The number of nitrogens with zero attached hydrogens (tertiary/aromatic N) is 3. The summed E-state index contributed by atoms with van der Waals surface area (Å²) in [7, 11) is 1.57. The van der Waals surface area contributed by atoms with Gasteiger partial charge in [-0.05, 0) is 36.8 Å². The highest BCUT2D eigenvalue weighted by Crippen LogP contribution is 2.22. The van der Waals surface area contributed by atoms with Crippen molar-refractivity contribution in [2.24, 2.45) is 0 Å². The summed E-state index contributed by atoms with van der Waals surface area (Å²) in [5.74, 6) is 0.865. The second-order valence-electron chi connectivity index (χ2n) is 6.51. The predicted molar refractivity (Wildman–Crippen MR) is 112 cm³/mol. The Morgan fingerprint density at radius 2 is 1.90 bits per heavy atom. The summed E-state index contributed by atoms with van der Waals surface area (Å²) < 4.78 is 18.2. The Morgan fingerprint density at radius 3 is 2.60 bits per heavy atom. The number of benzene rings is 1. The molecule has 3 rings (SSSR count). The molecule has 0 spiro atoms. The monoisotopic (exact) mass is 410 g/mol. The van der Waals surface area contributed by atoms with E-state index in [1.165, 1.54) is 12.1 Å². The molecule has 2 aromatic heterocycles. The molecule has 3 aromatic rings. The molecule has 9 heteroatoms. The summed E-state index contributed by atoms with van der Waals surface area (Å²) in [4.78, 5) is 25.3. The van der Waals surface area contributed by atoms with Crippen LogP contribution in [0.3, 0.4) is 0 Å². The van der Waals surface area contributed by atoms with Gasteiger partial charge < -0.3 is 20.7 Å². The Labute approximate surface area is 173 Å². The van der Waals surface area contributed by atoms with E-state index in [4.69, 9.17) is 4.74 Å². The molecule has 30 heavy (non-hydrogen) atoms. The first-order valence-corrected chi connectivity index (χ1v) is 9.39. The number of carbonyl (C=O) groups excluding carboxylic acids is 1. The van der Waals surface area contributed by atoms with Crippen molar-refractivity contribution in [2.75, 3.05) is 30.9 Å². The van der Waals surface area contributed by atoms with Crippen LogP contribution in [-0.2, 0) is 4.74 Å². The highest BCUT2D eigenvalue weighted by molar-refractivity contribution is 5.95. The van der Waals surface area contributed by atoms with Gasteiger partial charge in [-0.3, -0.25) is 9.78 Å². The van der Waals surface area contributed by atoms with Crippen LogP contribution in [0.15, 0.2) is 55.0 Å². The van der Waals surface area contributed by atoms with Crippen LogP contribution in [0.2, 0.25) is 0 Å². The Kier molecular flexibility index (Phi) is 7.23. The zero-order valence-corrected chi connectivity index (χ0v) is 16.7. The van der Waals surface area contributed by atoms with Gasteiger partial charge in [-0.15, -0.1) is 0 Å². The zero-order chi connectivity index (χ0) is 21.3. The van der Waals surface area contributed by atoms with E-state index in [2.05, 4.69) is 30.9 Å². The standard InChI is InChI=1S/C21H23FN6O2/c1-14(15-3-5-17(22)6-4-15)26-18-11-16(21(29)25-9-10-30-2)12-19(27-18)28-20-13-23-7-8-24-20/h3-8,11-14H,9-10H2,1-2H3,(H,25,29)(H2,24,26,27,28)/t14-/m0/s1. The van der Waals surface area contributed by atoms with Crippen LogP contribution in [0.4, 0.5) is 21.8 Å². The number of nitrogens with one attached hydrogen (secondary N) is 3. The van der Waals surface area contributed by atoms with Crippen molar-refractivity contribution in [1.82, 2.24) is 20.3 Å². The molecule has 2 heterocycles. The fourth-order valence-corrected chi connectivity index (χ4v) is 2.72. The van der Waals surface area contributed by atoms with Gasteiger partial charge in [-0.25, -0.2) is 14.4 Å². The Morgan fingerprint density at radius 1 is 1.13 bits per heavy atom. The van der Waals surface area contributed by atoms with Crippen molar-refractivity contribution in [3.63, 3.8) is 0 Å². The van der Waals surface area contributed by atoms with Crippen LogP contribution in [-0.4, -0.2) is 41.1 Å². The molecule has 0 aliphatic rings. The number of methoxy groups -OCH3 is 1. The second kappa shape index (κ2) is 10.3. The first kappa shape index (κ1) is 21.1. The van der Waals surface area contributed by atoms with E-state index in [9.17, 15) is 9.18 Å². The largest absolute Gasteiger partial charge is 0.383 e. The van der Waals surface area contributed by atoms with Gasteiger partial charge in [0.15, 0.2) is 0 Å². The smallest absolute Gasteiger partial charge is 0.251 e. The molecule has 1 amide bonds. The number of halogens is 1. The minimum Gasteiger partial charge on any atom is -0.383 e. The van der Waals surface area contributed by atoms with Crippen LogP contribution >= 0.6 is 0 Å². The summed E-state index contributed by atoms with van der Waals surface area (Å²) in [6, 6.07) is 9.34. The number of hydrogen-bond donors (Lipinski definition) is 3. The number of amides is 1. The molecule has 8 nitrogen and oxygen atoms in total. The summed E-state index contributed by atoms with van der Waals surface area (Å²) >= 11 is 0. The van der Waals surface area contributed by atoms with Gasteiger partial charge in [0, 0.05) is 37.7 Å². The van der Waals surface area contributed by atoms with Crippen molar-refractivity contribution >= 4 is 23.4 Å². The minimum absolute atomic E-state index is 0.158. The highest BCUT2D eigenvalue weighted by Gasteiger charge is 2.13. The molecule has 0 aliphatic heterocycles. The highest BCUT2D eigenvalue weighted by atomic mass is 19.1. The van der Waals surface area contributed by atoms with Crippen LogP contribution in [0.5, 0.6) is 0 Å². The first-order valence-electron chi connectivity index (χ1n) is 9.39. The molecule has 0 saturated heterocycles. The minimum atomic E-state index is -0.297. The third-order valence-electron chi connectivity index (χ3n) is 4.23. The van der Waals surface area contributed by atoms with E-state index in [1.807, 2.05) is 6.92 Å². The molecule has 0 saturated carbocycles. The van der Waals surface area contributed by atoms with Gasteiger partial charge in [0.05, 0.1) is 12.8 Å². The molecule has 156 valence electrons.